The number of methoxy groups -OCH3 is 2. The summed E-state index contributed by atoms with van der Waals surface area (Å²) in [5.41, 5.74) is 0. The summed E-state index contributed by atoms with van der Waals surface area (Å²) in [7, 11) is -6.22. The van der Waals surface area contributed by atoms with Crippen molar-refractivity contribution in [3.05, 3.63) is 66.2 Å². The Bertz CT molecular complexity index is 1260. The lowest BCUT2D eigenvalue weighted by molar-refractivity contribution is 0.401. The molecule has 3 rings (SSSR count). The van der Waals surface area contributed by atoms with E-state index in [-0.39, 0.29) is 23.1 Å². The third-order valence-electron chi connectivity index (χ3n) is 4.06. The van der Waals surface area contributed by atoms with Crippen LogP contribution in [0.2, 0.25) is 0 Å². The van der Waals surface area contributed by atoms with Gasteiger partial charge in [-0.25, -0.2) is 30.6 Å². The first-order chi connectivity index (χ1) is 15.1. The van der Waals surface area contributed by atoms with Crippen LogP contribution in [0.1, 0.15) is 0 Å². The number of hydrogen-bond acceptors (Lipinski definition) is 7. The monoisotopic (exact) mass is 485 g/mol. The number of rotatable bonds is 8. The average molecular weight is 485 g/mol. The summed E-state index contributed by atoms with van der Waals surface area (Å²) >= 11 is 0. The van der Waals surface area contributed by atoms with E-state index in [0.717, 1.165) is 36.4 Å². The van der Waals surface area contributed by atoms with Gasteiger partial charge in [0.2, 0.25) is 0 Å². The van der Waals surface area contributed by atoms with Crippen LogP contribution in [0.3, 0.4) is 0 Å². The molecule has 32 heavy (non-hydrogen) atoms. The molecule has 0 amide bonds. The number of hydrogen-bond donors (Lipinski definition) is 2. The Morgan fingerprint density at radius 3 is 1.50 bits per heavy atom. The summed E-state index contributed by atoms with van der Waals surface area (Å²) in [5, 5.41) is 0. The van der Waals surface area contributed by atoms with Gasteiger partial charge in [-0.2, -0.15) is 0 Å². The van der Waals surface area contributed by atoms with Gasteiger partial charge in [-0.1, -0.05) is 6.07 Å². The third kappa shape index (κ3) is 5.06. The molecule has 0 aliphatic carbocycles. The fourth-order valence-corrected chi connectivity index (χ4v) is 5.02. The smallest absolute Gasteiger partial charge is 0.266 e. The van der Waals surface area contributed by atoms with Crippen molar-refractivity contribution in [1.29, 1.82) is 0 Å². The number of aromatic nitrogens is 1. The molecular weight excluding hydrogens is 468 g/mol. The first-order valence-electron chi connectivity index (χ1n) is 8.75. The summed E-state index contributed by atoms with van der Waals surface area (Å²) in [6, 6.07) is 9.73. The fourth-order valence-electron chi connectivity index (χ4n) is 2.65. The molecule has 0 fully saturated rings. The maximum atomic E-state index is 13.6. The Balaban J connectivity index is 1.91. The molecule has 0 unspecified atom stereocenters. The summed E-state index contributed by atoms with van der Waals surface area (Å²) < 4.78 is 92.0. The molecule has 2 N–H and O–H groups in total. The van der Waals surface area contributed by atoms with Gasteiger partial charge in [0.1, 0.15) is 44.6 Å². The van der Waals surface area contributed by atoms with Crippen molar-refractivity contribution in [1.82, 2.24) is 4.98 Å². The predicted octanol–water partition coefficient (Wildman–Crippen LogP) is 2.98. The molecule has 0 saturated heterocycles. The van der Waals surface area contributed by atoms with Crippen molar-refractivity contribution in [2.75, 3.05) is 23.7 Å². The quantitative estimate of drug-likeness (QED) is 0.503. The van der Waals surface area contributed by atoms with Crippen LogP contribution in [0.25, 0.3) is 0 Å². The molecule has 0 saturated carbocycles. The van der Waals surface area contributed by atoms with Crippen molar-refractivity contribution >= 4 is 31.7 Å². The lowest BCUT2D eigenvalue weighted by Gasteiger charge is -2.13. The molecule has 9 nitrogen and oxygen atoms in total. The maximum Gasteiger partial charge on any atom is 0.266 e. The van der Waals surface area contributed by atoms with Crippen molar-refractivity contribution in [3.8, 4) is 11.5 Å². The highest BCUT2D eigenvalue weighted by molar-refractivity contribution is 7.93. The number of ether oxygens (including phenoxy) is 2. The molecule has 0 radical (unpaired) electrons. The molecule has 0 aliphatic heterocycles. The summed E-state index contributed by atoms with van der Waals surface area (Å²) in [6.07, 6.45) is 0. The normalized spacial score (nSPS) is 11.6. The maximum absolute atomic E-state index is 13.6. The summed E-state index contributed by atoms with van der Waals surface area (Å²) in [6.45, 7) is 0. The lowest BCUT2D eigenvalue weighted by atomic mass is 10.3. The molecule has 2 aromatic carbocycles. The second-order valence-electron chi connectivity index (χ2n) is 6.21. The molecule has 0 spiro atoms. The molecule has 170 valence electrons. The number of sulfonamides is 2. The van der Waals surface area contributed by atoms with Crippen LogP contribution in [0.4, 0.5) is 20.4 Å². The highest BCUT2D eigenvalue weighted by Crippen LogP contribution is 2.28. The van der Waals surface area contributed by atoms with Crippen LogP contribution in [-0.2, 0) is 20.0 Å². The Labute approximate surface area is 183 Å². The van der Waals surface area contributed by atoms with Crippen molar-refractivity contribution < 1.29 is 35.1 Å². The number of anilines is 2. The minimum absolute atomic E-state index is 0.103. The Morgan fingerprint density at radius 2 is 1.12 bits per heavy atom. The fraction of sp³-hybridized carbons (Fsp3) is 0.105. The van der Waals surface area contributed by atoms with Gasteiger partial charge in [0, 0.05) is 0 Å². The van der Waals surface area contributed by atoms with E-state index in [0.29, 0.717) is 0 Å². The highest BCUT2D eigenvalue weighted by atomic mass is 32.2. The summed E-state index contributed by atoms with van der Waals surface area (Å²) in [5.74, 6) is -2.33. The van der Waals surface area contributed by atoms with E-state index in [2.05, 4.69) is 14.4 Å². The zero-order valence-corrected chi connectivity index (χ0v) is 18.3. The van der Waals surface area contributed by atoms with E-state index in [9.17, 15) is 25.6 Å². The SMILES string of the molecule is COc1ccc(F)cc1S(=O)(=O)Nc1cccc(NS(=O)(=O)c2cc(F)ccc2OC)n1. The van der Waals surface area contributed by atoms with Crippen molar-refractivity contribution in [3.63, 3.8) is 0 Å². The van der Waals surface area contributed by atoms with E-state index in [1.54, 1.807) is 0 Å². The molecule has 0 aliphatic rings. The van der Waals surface area contributed by atoms with Gasteiger partial charge in [-0.05, 0) is 48.5 Å². The molecule has 0 bridgehead atoms. The first-order valence-corrected chi connectivity index (χ1v) is 11.7. The van der Waals surface area contributed by atoms with Gasteiger partial charge in [-0.15, -0.1) is 0 Å². The van der Waals surface area contributed by atoms with E-state index < -0.39 is 41.5 Å². The molecule has 3 aromatic rings. The highest BCUT2D eigenvalue weighted by Gasteiger charge is 2.23. The van der Waals surface area contributed by atoms with Gasteiger partial charge in [0.15, 0.2) is 0 Å². The first kappa shape index (κ1) is 23.2. The Kier molecular flexibility index (Phi) is 6.50. The number of nitrogens with zero attached hydrogens (tertiary/aromatic N) is 1. The van der Waals surface area contributed by atoms with E-state index in [4.69, 9.17) is 9.47 Å². The van der Waals surface area contributed by atoms with E-state index in [1.807, 2.05) is 0 Å². The molecule has 1 aromatic heterocycles. The van der Waals surface area contributed by atoms with Gasteiger partial charge in [0.25, 0.3) is 20.0 Å². The number of pyridine rings is 1. The Hall–Kier alpha value is -3.45. The minimum Gasteiger partial charge on any atom is -0.495 e. The van der Waals surface area contributed by atoms with Crippen LogP contribution >= 0.6 is 0 Å². The zero-order chi connectivity index (χ0) is 23.5. The van der Waals surface area contributed by atoms with Crippen LogP contribution in [0.5, 0.6) is 11.5 Å². The van der Waals surface area contributed by atoms with E-state index in [1.165, 1.54) is 32.4 Å². The largest absolute Gasteiger partial charge is 0.495 e. The van der Waals surface area contributed by atoms with Crippen LogP contribution < -0.4 is 18.9 Å². The second-order valence-corrected chi connectivity index (χ2v) is 9.51. The lowest BCUT2D eigenvalue weighted by Crippen LogP contribution is -2.17. The number of nitrogens with one attached hydrogen (secondary N) is 2. The van der Waals surface area contributed by atoms with E-state index >= 15 is 0 Å². The van der Waals surface area contributed by atoms with Crippen molar-refractivity contribution in [2.24, 2.45) is 0 Å². The Morgan fingerprint density at radius 1 is 0.719 bits per heavy atom. The van der Waals surface area contributed by atoms with Gasteiger partial charge >= 0.3 is 0 Å². The van der Waals surface area contributed by atoms with Gasteiger partial charge in [-0.3, -0.25) is 9.44 Å². The zero-order valence-electron chi connectivity index (χ0n) is 16.7. The molecule has 0 atom stereocenters. The predicted molar refractivity (Wildman–Crippen MR) is 112 cm³/mol. The second kappa shape index (κ2) is 8.96. The van der Waals surface area contributed by atoms with Crippen LogP contribution in [0.15, 0.2) is 64.4 Å². The van der Waals surface area contributed by atoms with Crippen LogP contribution in [-0.4, -0.2) is 36.0 Å². The standard InChI is InChI=1S/C19H17F2N3O6S2/c1-29-14-8-6-12(20)10-16(14)31(25,26)23-18-4-3-5-19(22-18)24-32(27,28)17-11-13(21)7-9-15(17)30-2/h3-11H,1-2H3,(H2,22,23,24). The van der Waals surface area contributed by atoms with Gasteiger partial charge < -0.3 is 9.47 Å². The topological polar surface area (TPSA) is 124 Å². The summed E-state index contributed by atoms with van der Waals surface area (Å²) in [4.78, 5) is 2.95. The van der Waals surface area contributed by atoms with Crippen LogP contribution in [0, 0.1) is 11.6 Å². The minimum atomic E-state index is -4.33. The third-order valence-corrected chi connectivity index (χ3v) is 6.81. The molecular formula is C19H17F2N3O6S2. The van der Waals surface area contributed by atoms with Crippen molar-refractivity contribution in [2.45, 2.75) is 9.79 Å². The molecule has 1 heterocycles. The molecule has 13 heteroatoms. The average Bonchev–Trinajstić information content (AvgIpc) is 2.73. The number of halogens is 2. The number of benzene rings is 2. The van der Waals surface area contributed by atoms with Gasteiger partial charge in [0.05, 0.1) is 14.2 Å².